The van der Waals surface area contributed by atoms with Crippen LogP contribution in [-0.2, 0) is 13.0 Å². The number of rotatable bonds is 7. The Morgan fingerprint density at radius 1 is 1.18 bits per heavy atom. The van der Waals surface area contributed by atoms with Crippen LogP contribution in [0.2, 0.25) is 0 Å². The summed E-state index contributed by atoms with van der Waals surface area (Å²) < 4.78 is 7.67. The van der Waals surface area contributed by atoms with Crippen LogP contribution in [0.5, 0.6) is 0 Å². The minimum atomic E-state index is -0.109. The predicted octanol–water partition coefficient (Wildman–Crippen LogP) is 3.82. The molecular formula is C22H22N4O2. The molecule has 6 heteroatoms. The number of benzene rings is 2. The van der Waals surface area contributed by atoms with Gasteiger partial charge >= 0.3 is 0 Å². The number of oxazole rings is 1. The highest BCUT2D eigenvalue weighted by molar-refractivity contribution is 5.97. The van der Waals surface area contributed by atoms with Crippen LogP contribution in [0.4, 0.5) is 0 Å². The number of carbonyl (C=O) groups excluding carboxylic acids is 1. The summed E-state index contributed by atoms with van der Waals surface area (Å²) in [5.41, 5.74) is 3.10. The van der Waals surface area contributed by atoms with Gasteiger partial charge in [-0.2, -0.15) is 5.10 Å². The third kappa shape index (κ3) is 4.28. The van der Waals surface area contributed by atoms with Gasteiger partial charge in [0.1, 0.15) is 5.52 Å². The van der Waals surface area contributed by atoms with Crippen molar-refractivity contribution in [3.8, 4) is 0 Å². The molecular weight excluding hydrogens is 352 g/mol. The van der Waals surface area contributed by atoms with Crippen LogP contribution in [0.15, 0.2) is 71.4 Å². The normalized spacial score (nSPS) is 12.2. The largest absolute Gasteiger partial charge is 0.440 e. The van der Waals surface area contributed by atoms with E-state index in [1.54, 1.807) is 24.4 Å². The van der Waals surface area contributed by atoms with E-state index in [0.717, 1.165) is 18.5 Å². The Hall–Kier alpha value is -3.41. The molecule has 0 saturated carbocycles. The molecule has 1 atom stereocenters. The molecule has 2 aromatic heterocycles. The second kappa shape index (κ2) is 8.08. The number of fused-ring (bicyclic) bond motifs is 1. The molecule has 0 radical (unpaired) electrons. The van der Waals surface area contributed by atoms with Gasteiger partial charge in [0.15, 0.2) is 11.5 Å². The molecule has 1 amide bonds. The Balaban J connectivity index is 1.41. The minimum Gasteiger partial charge on any atom is -0.440 e. The van der Waals surface area contributed by atoms with E-state index in [2.05, 4.69) is 15.4 Å². The summed E-state index contributed by atoms with van der Waals surface area (Å²) in [6.07, 6.45) is 5.10. The molecule has 4 aromatic rings. The van der Waals surface area contributed by atoms with E-state index in [1.165, 1.54) is 0 Å². The Bertz CT molecular complexity index is 1050. The number of hydrogen-bond acceptors (Lipinski definition) is 4. The average Bonchev–Trinajstić information content (AvgIpc) is 3.35. The van der Waals surface area contributed by atoms with Gasteiger partial charge in [0.25, 0.3) is 5.91 Å². The number of aromatic nitrogens is 3. The van der Waals surface area contributed by atoms with Crippen molar-refractivity contribution >= 4 is 17.0 Å². The topological polar surface area (TPSA) is 73.0 Å². The van der Waals surface area contributed by atoms with E-state index in [1.807, 2.05) is 54.2 Å². The second-order valence-electron chi connectivity index (χ2n) is 6.88. The first-order valence-corrected chi connectivity index (χ1v) is 9.39. The fraction of sp³-hybridized carbons (Fsp3) is 0.227. The van der Waals surface area contributed by atoms with E-state index in [9.17, 15) is 4.79 Å². The summed E-state index contributed by atoms with van der Waals surface area (Å²) in [6.45, 7) is 2.76. The van der Waals surface area contributed by atoms with E-state index in [0.29, 0.717) is 29.0 Å². The first kappa shape index (κ1) is 18.0. The quantitative estimate of drug-likeness (QED) is 0.534. The molecule has 142 valence electrons. The van der Waals surface area contributed by atoms with Crippen molar-refractivity contribution in [2.45, 2.75) is 32.4 Å². The number of nitrogens with one attached hydrogen (secondary N) is 1. The highest BCUT2D eigenvalue weighted by atomic mass is 16.3. The van der Waals surface area contributed by atoms with Crippen LogP contribution in [0.1, 0.15) is 35.2 Å². The Morgan fingerprint density at radius 2 is 2.04 bits per heavy atom. The van der Waals surface area contributed by atoms with Crippen LogP contribution < -0.4 is 5.32 Å². The zero-order valence-electron chi connectivity index (χ0n) is 15.7. The van der Waals surface area contributed by atoms with Gasteiger partial charge in [-0.1, -0.05) is 30.3 Å². The first-order valence-electron chi connectivity index (χ1n) is 9.39. The van der Waals surface area contributed by atoms with E-state index in [-0.39, 0.29) is 11.9 Å². The molecule has 0 spiro atoms. The molecule has 0 aliphatic heterocycles. The molecule has 0 aliphatic carbocycles. The summed E-state index contributed by atoms with van der Waals surface area (Å²) in [5.74, 6) is 0.536. The van der Waals surface area contributed by atoms with Crippen molar-refractivity contribution in [2.75, 3.05) is 0 Å². The monoisotopic (exact) mass is 374 g/mol. The maximum atomic E-state index is 12.6. The van der Waals surface area contributed by atoms with Crippen LogP contribution in [0.3, 0.4) is 0 Å². The lowest BCUT2D eigenvalue weighted by Gasteiger charge is -2.13. The molecule has 2 aromatic carbocycles. The molecule has 4 rings (SSSR count). The van der Waals surface area contributed by atoms with Crippen molar-refractivity contribution in [1.82, 2.24) is 20.1 Å². The van der Waals surface area contributed by atoms with Crippen molar-refractivity contribution < 1.29 is 9.21 Å². The summed E-state index contributed by atoms with van der Waals surface area (Å²) >= 11 is 0. The second-order valence-corrected chi connectivity index (χ2v) is 6.88. The SMILES string of the molecule is CC(CCn1cccn1)NC(=O)c1ccc2oc(Cc3ccccc3)nc2c1. The summed E-state index contributed by atoms with van der Waals surface area (Å²) in [4.78, 5) is 17.1. The Kier molecular flexibility index (Phi) is 5.19. The zero-order valence-corrected chi connectivity index (χ0v) is 15.7. The summed E-state index contributed by atoms with van der Waals surface area (Å²) in [6, 6.07) is 17.3. The summed E-state index contributed by atoms with van der Waals surface area (Å²) in [7, 11) is 0. The third-order valence-electron chi connectivity index (χ3n) is 4.62. The van der Waals surface area contributed by atoms with Gasteiger partial charge in [-0.15, -0.1) is 0 Å². The maximum Gasteiger partial charge on any atom is 0.251 e. The van der Waals surface area contributed by atoms with Crippen LogP contribution in [0, 0.1) is 0 Å². The molecule has 0 fully saturated rings. The number of aryl methyl sites for hydroxylation is 1. The zero-order chi connectivity index (χ0) is 19.3. The lowest BCUT2D eigenvalue weighted by atomic mass is 10.1. The van der Waals surface area contributed by atoms with E-state index >= 15 is 0 Å². The highest BCUT2D eigenvalue weighted by Crippen LogP contribution is 2.19. The first-order chi connectivity index (χ1) is 13.7. The van der Waals surface area contributed by atoms with E-state index in [4.69, 9.17) is 4.42 Å². The van der Waals surface area contributed by atoms with Gasteiger partial charge in [-0.25, -0.2) is 4.98 Å². The van der Waals surface area contributed by atoms with Gasteiger partial charge in [0, 0.05) is 37.0 Å². The smallest absolute Gasteiger partial charge is 0.251 e. The van der Waals surface area contributed by atoms with Crippen LogP contribution in [-0.4, -0.2) is 26.7 Å². The number of nitrogens with zero attached hydrogens (tertiary/aromatic N) is 3. The molecule has 0 bridgehead atoms. The van der Waals surface area contributed by atoms with Gasteiger partial charge < -0.3 is 9.73 Å². The van der Waals surface area contributed by atoms with Gasteiger partial charge in [-0.05, 0) is 43.2 Å². The molecule has 0 aliphatic rings. The van der Waals surface area contributed by atoms with Crippen LogP contribution in [0.25, 0.3) is 11.1 Å². The lowest BCUT2D eigenvalue weighted by molar-refractivity contribution is 0.0937. The molecule has 28 heavy (non-hydrogen) atoms. The molecule has 6 nitrogen and oxygen atoms in total. The Morgan fingerprint density at radius 3 is 2.82 bits per heavy atom. The third-order valence-corrected chi connectivity index (χ3v) is 4.62. The average molecular weight is 374 g/mol. The maximum absolute atomic E-state index is 12.6. The number of amides is 1. The van der Waals surface area contributed by atoms with Gasteiger partial charge in [-0.3, -0.25) is 9.48 Å². The standard InChI is InChI=1S/C22H22N4O2/c1-16(10-13-26-12-5-11-23-26)24-22(27)18-8-9-20-19(15-18)25-21(28-20)14-17-6-3-2-4-7-17/h2-9,11-12,15-16H,10,13-14H2,1H3,(H,24,27). The van der Waals surface area contributed by atoms with Crippen molar-refractivity contribution in [1.29, 1.82) is 0 Å². The van der Waals surface area contributed by atoms with Gasteiger partial charge in [0.05, 0.1) is 0 Å². The molecule has 1 N–H and O–H groups in total. The minimum absolute atomic E-state index is 0.0401. The Labute approximate surface area is 163 Å². The lowest BCUT2D eigenvalue weighted by Crippen LogP contribution is -2.33. The van der Waals surface area contributed by atoms with Crippen molar-refractivity contribution in [3.05, 3.63) is 84.0 Å². The molecule has 0 saturated heterocycles. The molecule has 1 unspecified atom stereocenters. The fourth-order valence-electron chi connectivity index (χ4n) is 3.10. The molecule has 2 heterocycles. The van der Waals surface area contributed by atoms with Crippen molar-refractivity contribution in [3.63, 3.8) is 0 Å². The number of carbonyl (C=O) groups is 1. The predicted molar refractivity (Wildman–Crippen MR) is 107 cm³/mol. The van der Waals surface area contributed by atoms with E-state index < -0.39 is 0 Å². The van der Waals surface area contributed by atoms with Crippen molar-refractivity contribution in [2.24, 2.45) is 0 Å². The number of hydrogen-bond donors (Lipinski definition) is 1. The highest BCUT2D eigenvalue weighted by Gasteiger charge is 2.13. The fourth-order valence-corrected chi connectivity index (χ4v) is 3.10. The van der Waals surface area contributed by atoms with Crippen LogP contribution >= 0.6 is 0 Å². The van der Waals surface area contributed by atoms with Gasteiger partial charge in [0.2, 0.25) is 0 Å². The summed E-state index contributed by atoms with van der Waals surface area (Å²) in [5, 5.41) is 7.21.